The number of nitrogens with zero attached hydrogens (tertiary/aromatic N) is 6. The summed E-state index contributed by atoms with van der Waals surface area (Å²) in [4.78, 5) is 9.33. The van der Waals surface area contributed by atoms with Gasteiger partial charge in [-0.25, -0.2) is 14.5 Å². The van der Waals surface area contributed by atoms with Crippen LogP contribution in [0.2, 0.25) is 0 Å². The van der Waals surface area contributed by atoms with Crippen LogP contribution in [0.3, 0.4) is 0 Å². The molecular weight excluding hydrogens is 480 g/mol. The molecule has 1 fully saturated rings. The zero-order valence-corrected chi connectivity index (χ0v) is 21.0. The summed E-state index contributed by atoms with van der Waals surface area (Å²) >= 11 is 1.73. The summed E-state index contributed by atoms with van der Waals surface area (Å²) < 4.78 is 3.86. The van der Waals surface area contributed by atoms with E-state index in [4.69, 9.17) is 15.8 Å². The molecule has 5 heterocycles. The fourth-order valence-electron chi connectivity index (χ4n) is 5.22. The lowest BCUT2D eigenvalue weighted by atomic mass is 9.99. The summed E-state index contributed by atoms with van der Waals surface area (Å²) in [5, 5.41) is 17.3. The number of fused-ring (bicyclic) bond motifs is 2. The quantitative estimate of drug-likeness (QED) is 0.343. The lowest BCUT2D eigenvalue weighted by molar-refractivity contribution is 0.459. The SMILES string of the molecule is Nc1ncnn2c(-c3csc(C4CCNCC4)n3)cc(-c3ccc4cn(Cc5ccccc5)nc4c3)c12. The third kappa shape index (κ3) is 4.06. The van der Waals surface area contributed by atoms with Gasteiger partial charge < -0.3 is 11.1 Å². The van der Waals surface area contributed by atoms with Crippen LogP contribution in [0.1, 0.15) is 29.3 Å². The second-order valence-electron chi connectivity index (χ2n) is 9.53. The Kier molecular flexibility index (Phi) is 5.44. The van der Waals surface area contributed by atoms with Gasteiger partial charge in [-0.3, -0.25) is 4.68 Å². The van der Waals surface area contributed by atoms with Gasteiger partial charge in [0.15, 0.2) is 5.82 Å². The van der Waals surface area contributed by atoms with E-state index >= 15 is 0 Å². The maximum atomic E-state index is 6.39. The number of aromatic nitrogens is 6. The van der Waals surface area contributed by atoms with Gasteiger partial charge in [-0.05, 0) is 49.2 Å². The summed E-state index contributed by atoms with van der Waals surface area (Å²) in [6.07, 6.45) is 5.84. The van der Waals surface area contributed by atoms with Gasteiger partial charge in [-0.15, -0.1) is 11.3 Å². The number of hydrogen-bond acceptors (Lipinski definition) is 7. The largest absolute Gasteiger partial charge is 0.382 e. The summed E-state index contributed by atoms with van der Waals surface area (Å²) in [6, 6.07) is 18.8. The van der Waals surface area contributed by atoms with Crippen LogP contribution < -0.4 is 11.1 Å². The molecule has 0 saturated carbocycles. The van der Waals surface area contributed by atoms with Crippen molar-refractivity contribution >= 4 is 33.6 Å². The molecule has 0 unspecified atom stereocenters. The van der Waals surface area contributed by atoms with Crippen molar-refractivity contribution in [3.8, 4) is 22.5 Å². The van der Waals surface area contributed by atoms with E-state index in [-0.39, 0.29) is 0 Å². The molecule has 1 saturated heterocycles. The average Bonchev–Trinajstić information content (AvgIpc) is 3.66. The van der Waals surface area contributed by atoms with E-state index in [9.17, 15) is 0 Å². The van der Waals surface area contributed by atoms with Crippen molar-refractivity contribution in [3.05, 3.63) is 83.1 Å². The van der Waals surface area contributed by atoms with Crippen molar-refractivity contribution in [2.45, 2.75) is 25.3 Å². The van der Waals surface area contributed by atoms with E-state index in [1.54, 1.807) is 11.3 Å². The number of nitrogens with one attached hydrogen (secondary N) is 1. The van der Waals surface area contributed by atoms with E-state index < -0.39 is 0 Å². The van der Waals surface area contributed by atoms with E-state index in [1.165, 1.54) is 16.9 Å². The molecule has 9 heteroatoms. The zero-order valence-electron chi connectivity index (χ0n) is 20.2. The van der Waals surface area contributed by atoms with Crippen LogP contribution in [-0.4, -0.2) is 42.5 Å². The van der Waals surface area contributed by atoms with Crippen LogP contribution in [0.5, 0.6) is 0 Å². The normalized spacial score (nSPS) is 14.6. The maximum Gasteiger partial charge on any atom is 0.152 e. The predicted molar refractivity (Wildman–Crippen MR) is 148 cm³/mol. The summed E-state index contributed by atoms with van der Waals surface area (Å²) in [5.41, 5.74) is 13.2. The third-order valence-electron chi connectivity index (χ3n) is 7.11. The molecule has 8 nitrogen and oxygen atoms in total. The van der Waals surface area contributed by atoms with Gasteiger partial charge in [0.05, 0.1) is 28.5 Å². The lowest BCUT2D eigenvalue weighted by Crippen LogP contribution is -2.26. The van der Waals surface area contributed by atoms with Crippen molar-refractivity contribution < 1.29 is 0 Å². The van der Waals surface area contributed by atoms with Crippen LogP contribution in [0.4, 0.5) is 5.82 Å². The minimum absolute atomic E-state index is 0.444. The van der Waals surface area contributed by atoms with Gasteiger partial charge in [0.2, 0.25) is 0 Å². The van der Waals surface area contributed by atoms with E-state index in [0.29, 0.717) is 11.7 Å². The molecule has 0 spiro atoms. The standard InChI is InChI=1S/C28H26N8S/c29-27-26-22(20-6-7-21-15-35(34-23(21)12-20)14-18-4-2-1-3-5-18)13-25(36(26)32-17-31-27)24-16-37-28(33-24)19-8-10-30-11-9-19/h1-7,12-13,15-17,19,30H,8-11,14H2,(H2,29,31,32). The van der Waals surface area contributed by atoms with Gasteiger partial charge in [0, 0.05) is 28.4 Å². The van der Waals surface area contributed by atoms with Gasteiger partial charge in [-0.2, -0.15) is 10.2 Å². The number of hydrogen-bond donors (Lipinski definition) is 2. The molecule has 2 aromatic carbocycles. The van der Waals surface area contributed by atoms with Gasteiger partial charge in [0.25, 0.3) is 0 Å². The molecule has 0 bridgehead atoms. The molecule has 0 atom stereocenters. The highest BCUT2D eigenvalue weighted by Crippen LogP contribution is 2.37. The van der Waals surface area contributed by atoms with E-state index in [1.807, 2.05) is 15.3 Å². The Morgan fingerprint density at radius 3 is 2.78 bits per heavy atom. The Balaban J connectivity index is 1.29. The number of anilines is 1. The van der Waals surface area contributed by atoms with Crippen LogP contribution in [-0.2, 0) is 6.54 Å². The second-order valence-corrected chi connectivity index (χ2v) is 10.4. The number of piperidine rings is 1. The smallest absolute Gasteiger partial charge is 0.152 e. The predicted octanol–water partition coefficient (Wildman–Crippen LogP) is 4.97. The van der Waals surface area contributed by atoms with Crippen LogP contribution >= 0.6 is 11.3 Å². The maximum absolute atomic E-state index is 6.39. The van der Waals surface area contributed by atoms with Gasteiger partial charge in [-0.1, -0.05) is 42.5 Å². The fraction of sp³-hybridized carbons (Fsp3) is 0.214. The van der Waals surface area contributed by atoms with E-state index in [2.05, 4.69) is 75.5 Å². The fourth-order valence-corrected chi connectivity index (χ4v) is 6.20. The molecule has 184 valence electrons. The van der Waals surface area contributed by atoms with Crippen molar-refractivity contribution in [2.75, 3.05) is 18.8 Å². The van der Waals surface area contributed by atoms with Crippen molar-refractivity contribution in [3.63, 3.8) is 0 Å². The molecule has 3 N–H and O–H groups in total. The first-order valence-electron chi connectivity index (χ1n) is 12.5. The number of nitrogen functional groups attached to an aromatic ring is 1. The summed E-state index contributed by atoms with van der Waals surface area (Å²) in [7, 11) is 0. The minimum Gasteiger partial charge on any atom is -0.382 e. The average molecular weight is 507 g/mol. The number of thiazole rings is 1. The minimum atomic E-state index is 0.444. The van der Waals surface area contributed by atoms with Gasteiger partial charge >= 0.3 is 0 Å². The summed E-state index contributed by atoms with van der Waals surface area (Å²) in [5.74, 6) is 0.957. The van der Waals surface area contributed by atoms with Crippen molar-refractivity contribution in [1.82, 2.24) is 34.7 Å². The van der Waals surface area contributed by atoms with Crippen LogP contribution in [0, 0.1) is 0 Å². The van der Waals surface area contributed by atoms with Crippen molar-refractivity contribution in [1.29, 1.82) is 0 Å². The Labute approximate surface area is 217 Å². The second kappa shape index (κ2) is 9.10. The third-order valence-corrected chi connectivity index (χ3v) is 8.12. The van der Waals surface area contributed by atoms with E-state index in [0.717, 1.165) is 71.4 Å². The molecule has 6 aromatic rings. The number of benzene rings is 2. The number of nitrogens with two attached hydrogens (primary N) is 1. The molecule has 1 aliphatic rings. The molecule has 0 amide bonds. The molecule has 1 aliphatic heterocycles. The molecule has 37 heavy (non-hydrogen) atoms. The zero-order chi connectivity index (χ0) is 24.8. The summed E-state index contributed by atoms with van der Waals surface area (Å²) in [6.45, 7) is 2.82. The first-order valence-corrected chi connectivity index (χ1v) is 13.4. The first kappa shape index (κ1) is 22.1. The van der Waals surface area contributed by atoms with Gasteiger partial charge in [0.1, 0.15) is 11.8 Å². The van der Waals surface area contributed by atoms with Crippen molar-refractivity contribution in [2.24, 2.45) is 0 Å². The first-order chi connectivity index (χ1) is 18.2. The highest BCUT2D eigenvalue weighted by Gasteiger charge is 2.22. The number of rotatable bonds is 5. The molecule has 0 aliphatic carbocycles. The Hall–Kier alpha value is -4.08. The highest BCUT2D eigenvalue weighted by atomic mass is 32.1. The molecule has 7 rings (SSSR count). The van der Waals surface area contributed by atoms with Crippen LogP contribution in [0.25, 0.3) is 38.9 Å². The highest BCUT2D eigenvalue weighted by molar-refractivity contribution is 7.10. The van der Waals surface area contributed by atoms with Crippen LogP contribution in [0.15, 0.2) is 72.5 Å². The molecule has 0 radical (unpaired) electrons. The lowest BCUT2D eigenvalue weighted by Gasteiger charge is -2.20. The molecular formula is C28H26N8S. The topological polar surface area (TPSA) is 99.0 Å². The Bertz CT molecular complexity index is 1710. The monoisotopic (exact) mass is 506 g/mol. The molecule has 4 aromatic heterocycles. The Morgan fingerprint density at radius 2 is 1.92 bits per heavy atom. The Morgan fingerprint density at radius 1 is 1.05 bits per heavy atom.